The fraction of sp³-hybridized carbons (Fsp3) is 0.375. The molecule has 0 saturated carbocycles. The number of carbonyl (C=O) groups is 1. The number of ether oxygens (including phenoxy) is 1. The van der Waals surface area contributed by atoms with Crippen LogP contribution in [0.2, 0.25) is 0 Å². The summed E-state index contributed by atoms with van der Waals surface area (Å²) < 4.78 is 6.07. The maximum atomic E-state index is 11.4. The van der Waals surface area contributed by atoms with Crippen molar-refractivity contribution < 1.29 is 9.53 Å². The Bertz CT molecular complexity index is 628. The van der Waals surface area contributed by atoms with E-state index in [2.05, 4.69) is 46.9 Å². The van der Waals surface area contributed by atoms with Crippen LogP contribution in [0, 0.1) is 13.8 Å². The summed E-state index contributed by atoms with van der Waals surface area (Å²) in [6.07, 6.45) is 1.01. The van der Waals surface area contributed by atoms with E-state index in [1.54, 1.807) is 11.3 Å². The zero-order valence-electron chi connectivity index (χ0n) is 12.4. The van der Waals surface area contributed by atoms with E-state index < -0.39 is 0 Å². The van der Waals surface area contributed by atoms with Crippen molar-refractivity contribution in [2.24, 2.45) is 0 Å². The highest BCUT2D eigenvalue weighted by Crippen LogP contribution is 2.30. The second kappa shape index (κ2) is 7.18. The van der Waals surface area contributed by atoms with E-state index in [0.717, 1.165) is 20.7 Å². The number of thiazole rings is 1. The molecule has 0 aliphatic heterocycles. The topological polar surface area (TPSA) is 39.2 Å². The van der Waals surface area contributed by atoms with Gasteiger partial charge in [0.05, 0.1) is 18.7 Å². The number of aryl methyl sites for hydroxylation is 3. The molecule has 0 amide bonds. The molecular formula is C16H18BrNO2S. The molecule has 1 aromatic carbocycles. The van der Waals surface area contributed by atoms with Crippen molar-refractivity contribution in [3.63, 3.8) is 0 Å². The molecule has 0 radical (unpaired) electrons. The van der Waals surface area contributed by atoms with Crippen LogP contribution in [-0.4, -0.2) is 17.6 Å². The van der Waals surface area contributed by atoms with Gasteiger partial charge in [0.1, 0.15) is 5.01 Å². The second-order valence-corrected chi connectivity index (χ2v) is 6.52. The Labute approximate surface area is 137 Å². The van der Waals surface area contributed by atoms with Crippen molar-refractivity contribution in [3.8, 4) is 10.6 Å². The fourth-order valence-corrected chi connectivity index (χ4v) is 3.16. The molecular weight excluding hydrogens is 350 g/mol. The van der Waals surface area contributed by atoms with Crippen LogP contribution in [0.4, 0.5) is 0 Å². The van der Waals surface area contributed by atoms with Crippen LogP contribution < -0.4 is 0 Å². The van der Waals surface area contributed by atoms with E-state index >= 15 is 0 Å². The number of hydrogen-bond acceptors (Lipinski definition) is 4. The van der Waals surface area contributed by atoms with Crippen molar-refractivity contribution >= 4 is 33.2 Å². The maximum Gasteiger partial charge on any atom is 0.306 e. The molecule has 0 fully saturated rings. The molecule has 3 nitrogen and oxygen atoms in total. The first-order valence-corrected chi connectivity index (χ1v) is 8.55. The summed E-state index contributed by atoms with van der Waals surface area (Å²) in [4.78, 5) is 16.0. The monoisotopic (exact) mass is 367 g/mol. The summed E-state index contributed by atoms with van der Waals surface area (Å²) in [7, 11) is 0. The Morgan fingerprint density at radius 3 is 2.62 bits per heavy atom. The van der Waals surface area contributed by atoms with Gasteiger partial charge in [0.25, 0.3) is 0 Å². The predicted octanol–water partition coefficient (Wildman–Crippen LogP) is 4.69. The summed E-state index contributed by atoms with van der Waals surface area (Å²) in [5, 5.41) is 3.01. The Hall–Kier alpha value is -1.20. The van der Waals surface area contributed by atoms with E-state index in [0.29, 0.717) is 19.4 Å². The third-order valence-corrected chi connectivity index (χ3v) is 5.32. The molecule has 112 valence electrons. The lowest BCUT2D eigenvalue weighted by Gasteiger charge is -2.05. The third kappa shape index (κ3) is 4.14. The average molecular weight is 368 g/mol. The molecule has 0 N–H and O–H groups in total. The Morgan fingerprint density at radius 1 is 1.33 bits per heavy atom. The fourth-order valence-electron chi connectivity index (χ4n) is 2.09. The van der Waals surface area contributed by atoms with Gasteiger partial charge in [0.2, 0.25) is 0 Å². The highest BCUT2D eigenvalue weighted by molar-refractivity contribution is 9.10. The summed E-state index contributed by atoms with van der Waals surface area (Å²) in [5.74, 6) is -0.164. The zero-order valence-corrected chi connectivity index (χ0v) is 14.8. The number of benzene rings is 1. The van der Waals surface area contributed by atoms with Gasteiger partial charge in [-0.05, 0) is 44.0 Å². The normalized spacial score (nSPS) is 10.7. The predicted molar refractivity (Wildman–Crippen MR) is 89.7 cm³/mol. The molecule has 0 atom stereocenters. The number of hydrogen-bond donors (Lipinski definition) is 0. The quantitative estimate of drug-likeness (QED) is 0.719. The van der Waals surface area contributed by atoms with E-state index in [-0.39, 0.29) is 5.97 Å². The van der Waals surface area contributed by atoms with E-state index in [1.165, 1.54) is 11.1 Å². The van der Waals surface area contributed by atoms with Gasteiger partial charge in [-0.3, -0.25) is 4.79 Å². The lowest BCUT2D eigenvalue weighted by atomic mass is 10.1. The van der Waals surface area contributed by atoms with Crippen LogP contribution >= 0.6 is 27.3 Å². The molecule has 0 bridgehead atoms. The number of esters is 1. The molecule has 0 aliphatic rings. The SMILES string of the molecule is CCOC(=O)CCc1csc(-c2cc(C)c(Br)c(C)c2)n1. The lowest BCUT2D eigenvalue weighted by Crippen LogP contribution is -2.05. The van der Waals surface area contributed by atoms with Crippen molar-refractivity contribution in [3.05, 3.63) is 38.8 Å². The minimum atomic E-state index is -0.164. The van der Waals surface area contributed by atoms with Crippen LogP contribution in [0.15, 0.2) is 22.0 Å². The van der Waals surface area contributed by atoms with Crippen LogP contribution in [0.5, 0.6) is 0 Å². The second-order valence-electron chi connectivity index (χ2n) is 4.87. The molecule has 1 heterocycles. The lowest BCUT2D eigenvalue weighted by molar-refractivity contribution is -0.143. The van der Waals surface area contributed by atoms with Crippen LogP contribution in [0.3, 0.4) is 0 Å². The standard InChI is InChI=1S/C16H18BrNO2S/c1-4-20-14(19)6-5-13-9-21-16(18-13)12-7-10(2)15(17)11(3)8-12/h7-9H,4-6H2,1-3H3. The van der Waals surface area contributed by atoms with Crippen molar-refractivity contribution in [1.29, 1.82) is 0 Å². The first-order valence-electron chi connectivity index (χ1n) is 6.88. The van der Waals surface area contributed by atoms with Crippen molar-refractivity contribution in [2.75, 3.05) is 6.61 Å². The van der Waals surface area contributed by atoms with E-state index in [4.69, 9.17) is 4.74 Å². The van der Waals surface area contributed by atoms with Crippen LogP contribution in [0.1, 0.15) is 30.2 Å². The average Bonchev–Trinajstić information content (AvgIpc) is 2.91. The Balaban J connectivity index is 2.11. The summed E-state index contributed by atoms with van der Waals surface area (Å²) in [5.41, 5.74) is 4.48. The maximum absolute atomic E-state index is 11.4. The van der Waals surface area contributed by atoms with Crippen LogP contribution in [-0.2, 0) is 16.0 Å². The van der Waals surface area contributed by atoms with Gasteiger partial charge in [0, 0.05) is 21.8 Å². The first-order chi connectivity index (χ1) is 10.0. The minimum absolute atomic E-state index is 0.164. The number of nitrogens with zero attached hydrogens (tertiary/aromatic N) is 1. The van der Waals surface area contributed by atoms with E-state index in [1.807, 2.05) is 12.3 Å². The van der Waals surface area contributed by atoms with Gasteiger partial charge in [0.15, 0.2) is 0 Å². The summed E-state index contributed by atoms with van der Waals surface area (Å²) in [6.45, 7) is 6.40. The molecule has 0 aliphatic carbocycles. The Kier molecular flexibility index (Phi) is 5.53. The number of aromatic nitrogens is 1. The number of halogens is 1. The van der Waals surface area contributed by atoms with Gasteiger partial charge in [-0.2, -0.15) is 0 Å². The molecule has 0 saturated heterocycles. The van der Waals surface area contributed by atoms with Crippen LogP contribution in [0.25, 0.3) is 10.6 Å². The van der Waals surface area contributed by atoms with Gasteiger partial charge in [-0.1, -0.05) is 15.9 Å². The van der Waals surface area contributed by atoms with Gasteiger partial charge in [-0.15, -0.1) is 11.3 Å². The highest BCUT2D eigenvalue weighted by atomic mass is 79.9. The minimum Gasteiger partial charge on any atom is -0.466 e. The molecule has 2 rings (SSSR count). The molecule has 1 aromatic heterocycles. The number of carbonyl (C=O) groups excluding carboxylic acids is 1. The molecule has 21 heavy (non-hydrogen) atoms. The summed E-state index contributed by atoms with van der Waals surface area (Å²) >= 11 is 5.19. The largest absolute Gasteiger partial charge is 0.466 e. The molecule has 0 spiro atoms. The summed E-state index contributed by atoms with van der Waals surface area (Å²) in [6, 6.07) is 4.26. The third-order valence-electron chi connectivity index (χ3n) is 3.13. The van der Waals surface area contributed by atoms with E-state index in [9.17, 15) is 4.79 Å². The van der Waals surface area contributed by atoms with Gasteiger partial charge >= 0.3 is 5.97 Å². The van der Waals surface area contributed by atoms with Gasteiger partial charge in [-0.25, -0.2) is 4.98 Å². The zero-order chi connectivity index (χ0) is 15.4. The van der Waals surface area contributed by atoms with Crippen molar-refractivity contribution in [1.82, 2.24) is 4.98 Å². The smallest absolute Gasteiger partial charge is 0.306 e. The van der Waals surface area contributed by atoms with Gasteiger partial charge < -0.3 is 4.74 Å². The Morgan fingerprint density at radius 2 is 2.00 bits per heavy atom. The molecule has 5 heteroatoms. The molecule has 2 aromatic rings. The molecule has 0 unspecified atom stereocenters. The van der Waals surface area contributed by atoms with Crippen molar-refractivity contribution in [2.45, 2.75) is 33.6 Å². The number of rotatable bonds is 5. The first kappa shape index (κ1) is 16.2. The highest BCUT2D eigenvalue weighted by Gasteiger charge is 2.10.